The molecule has 1 amide bonds. The summed E-state index contributed by atoms with van der Waals surface area (Å²) in [4.78, 5) is 34.5. The van der Waals surface area contributed by atoms with Gasteiger partial charge in [0.05, 0.1) is 79.2 Å². The number of carbonyl (C=O) groups excluding carboxylic acids is 2. The van der Waals surface area contributed by atoms with Crippen molar-refractivity contribution in [1.29, 1.82) is 0 Å². The van der Waals surface area contributed by atoms with Gasteiger partial charge in [0.2, 0.25) is 5.91 Å². The molecule has 0 aromatic carbocycles. The number of carboxylic acid groups (broad SMARTS) is 1. The van der Waals surface area contributed by atoms with Crippen LogP contribution in [0, 0.1) is 0 Å². The largest absolute Gasteiger partial charge is 0.481 e. The first-order valence-corrected chi connectivity index (χ1v) is 12.0. The van der Waals surface area contributed by atoms with Gasteiger partial charge in [-0.05, 0) is 19.3 Å². The third-order valence-electron chi connectivity index (χ3n) is 5.12. The van der Waals surface area contributed by atoms with Gasteiger partial charge in [-0.25, -0.2) is 0 Å². The lowest BCUT2D eigenvalue weighted by Crippen LogP contribution is -2.49. The molecule has 0 aromatic heterocycles. The van der Waals surface area contributed by atoms with Crippen LogP contribution in [-0.2, 0) is 28.6 Å². The van der Waals surface area contributed by atoms with Crippen molar-refractivity contribution in [1.82, 2.24) is 5.32 Å². The van der Waals surface area contributed by atoms with Gasteiger partial charge in [-0.15, -0.1) is 0 Å². The zero-order valence-electron chi connectivity index (χ0n) is 20.8. The van der Waals surface area contributed by atoms with Crippen LogP contribution in [0.3, 0.4) is 0 Å². The van der Waals surface area contributed by atoms with Crippen LogP contribution < -0.4 is 11.1 Å². The number of hydrogen-bond donors (Lipinski definition) is 3. The number of nitrogens with two attached hydrogens (primary N) is 1. The van der Waals surface area contributed by atoms with Crippen LogP contribution in [0.25, 0.3) is 0 Å². The minimum absolute atomic E-state index is 0.0195. The third-order valence-corrected chi connectivity index (χ3v) is 5.12. The fourth-order valence-electron chi connectivity index (χ4n) is 3.03. The lowest BCUT2D eigenvalue weighted by molar-refractivity contribution is -0.889. The van der Waals surface area contributed by atoms with Crippen LogP contribution >= 0.6 is 0 Å². The summed E-state index contributed by atoms with van der Waals surface area (Å²) in [5.74, 6) is -1.22. The summed E-state index contributed by atoms with van der Waals surface area (Å²) < 4.78 is 16.6. The maximum Gasteiger partial charge on any atom is 0.305 e. The molecule has 0 radical (unpaired) electrons. The number of carbonyl (C=O) groups is 3. The van der Waals surface area contributed by atoms with Crippen molar-refractivity contribution in [2.45, 2.75) is 57.9 Å². The molecule has 0 saturated carbocycles. The van der Waals surface area contributed by atoms with E-state index in [4.69, 9.17) is 25.1 Å². The molecule has 10 nitrogen and oxygen atoms in total. The standard InChI is InChI=1S/C23H45N3O7/c1-4-5-6-11-26(2,3)12-10-25-23(30)21(24)19-20(27)8-7-13-31-15-17-33-18-16-32-14-9-22(28)29/h21H,4-19,24H2,1-3H3,(H-,25,28,29,30)/p+1/t21-/m1/s1. The Hall–Kier alpha value is -1.59. The van der Waals surface area contributed by atoms with Crippen LogP contribution in [0.2, 0.25) is 0 Å². The molecule has 0 fully saturated rings. The fraction of sp³-hybridized carbons (Fsp3) is 0.870. The van der Waals surface area contributed by atoms with E-state index < -0.39 is 12.0 Å². The Bertz CT molecular complexity index is 544. The Labute approximate surface area is 198 Å². The van der Waals surface area contributed by atoms with Gasteiger partial charge < -0.3 is 34.9 Å². The zero-order valence-corrected chi connectivity index (χ0v) is 20.8. The second-order valence-electron chi connectivity index (χ2n) is 8.81. The van der Waals surface area contributed by atoms with Gasteiger partial charge in [0.1, 0.15) is 5.78 Å². The molecule has 0 saturated heterocycles. The number of aliphatic carboxylic acids is 1. The highest BCUT2D eigenvalue weighted by Gasteiger charge is 2.19. The lowest BCUT2D eigenvalue weighted by atomic mass is 10.1. The molecule has 10 heteroatoms. The molecule has 0 spiro atoms. The first kappa shape index (κ1) is 31.4. The van der Waals surface area contributed by atoms with E-state index in [1.807, 2.05) is 0 Å². The summed E-state index contributed by atoms with van der Waals surface area (Å²) in [5, 5.41) is 11.3. The summed E-state index contributed by atoms with van der Waals surface area (Å²) in [6.45, 7) is 6.74. The predicted octanol–water partition coefficient (Wildman–Crippen LogP) is 0.960. The maximum atomic E-state index is 12.1. The average Bonchev–Trinajstić information content (AvgIpc) is 2.74. The Kier molecular flexibility index (Phi) is 18.9. The number of nitrogens with zero attached hydrogens (tertiary/aromatic N) is 1. The number of carboxylic acids is 1. The molecule has 4 N–H and O–H groups in total. The van der Waals surface area contributed by atoms with E-state index >= 15 is 0 Å². The summed E-state index contributed by atoms with van der Waals surface area (Å²) >= 11 is 0. The number of amides is 1. The predicted molar refractivity (Wildman–Crippen MR) is 126 cm³/mol. The summed E-state index contributed by atoms with van der Waals surface area (Å²) in [5.41, 5.74) is 5.88. The molecule has 194 valence electrons. The quantitative estimate of drug-likeness (QED) is 0.146. The molecule has 0 aliphatic rings. The molecule has 0 unspecified atom stereocenters. The van der Waals surface area contributed by atoms with Crippen molar-refractivity contribution in [3.63, 3.8) is 0 Å². The fourth-order valence-corrected chi connectivity index (χ4v) is 3.03. The van der Waals surface area contributed by atoms with Gasteiger partial charge >= 0.3 is 5.97 Å². The molecule has 0 heterocycles. The van der Waals surface area contributed by atoms with Crippen molar-refractivity contribution in [3.05, 3.63) is 0 Å². The number of unbranched alkanes of at least 4 members (excludes halogenated alkanes) is 2. The van der Waals surface area contributed by atoms with Gasteiger partial charge in [-0.2, -0.15) is 0 Å². The molecular formula is C23H46N3O7+. The zero-order chi connectivity index (χ0) is 25.0. The third kappa shape index (κ3) is 20.7. The second kappa shape index (κ2) is 19.8. The van der Waals surface area contributed by atoms with Crippen LogP contribution in [0.5, 0.6) is 0 Å². The molecule has 0 rings (SSSR count). The van der Waals surface area contributed by atoms with E-state index in [9.17, 15) is 14.4 Å². The molecule has 0 aliphatic carbocycles. The van der Waals surface area contributed by atoms with E-state index in [0.29, 0.717) is 52.4 Å². The first-order chi connectivity index (χ1) is 15.7. The topological polar surface area (TPSA) is 137 Å². The van der Waals surface area contributed by atoms with Crippen LogP contribution in [-0.4, -0.2) is 107 Å². The maximum absolute atomic E-state index is 12.1. The summed E-state index contributed by atoms with van der Waals surface area (Å²) in [7, 11) is 4.30. The number of nitrogens with one attached hydrogen (secondary N) is 1. The van der Waals surface area contributed by atoms with Crippen LogP contribution in [0.15, 0.2) is 0 Å². The number of Topliss-reactive ketones (excluding diaryl/α,β-unsaturated/α-hetero) is 1. The average molecular weight is 477 g/mol. The van der Waals surface area contributed by atoms with E-state index in [1.165, 1.54) is 19.3 Å². The van der Waals surface area contributed by atoms with Gasteiger partial charge in [0.25, 0.3) is 0 Å². The van der Waals surface area contributed by atoms with Gasteiger partial charge in [0, 0.05) is 19.4 Å². The van der Waals surface area contributed by atoms with Crippen LogP contribution in [0.1, 0.15) is 51.9 Å². The molecule has 0 aromatic rings. The smallest absolute Gasteiger partial charge is 0.305 e. The highest BCUT2D eigenvalue weighted by molar-refractivity contribution is 5.88. The van der Waals surface area contributed by atoms with E-state index in [-0.39, 0.29) is 31.1 Å². The number of likely N-dealkylation sites (N-methyl/N-ethyl adjacent to an activating group) is 1. The number of ether oxygens (including phenoxy) is 3. The summed E-state index contributed by atoms with van der Waals surface area (Å²) in [6, 6.07) is -0.819. The van der Waals surface area contributed by atoms with E-state index in [2.05, 4.69) is 26.3 Å². The number of rotatable bonds is 23. The molecule has 33 heavy (non-hydrogen) atoms. The van der Waals surface area contributed by atoms with Crippen molar-refractivity contribution >= 4 is 17.7 Å². The number of quaternary nitrogens is 1. The molecule has 0 aliphatic heterocycles. The lowest BCUT2D eigenvalue weighted by Gasteiger charge is -2.30. The number of hydrogen-bond acceptors (Lipinski definition) is 7. The van der Waals surface area contributed by atoms with Crippen molar-refractivity contribution in [2.24, 2.45) is 5.73 Å². The first-order valence-electron chi connectivity index (χ1n) is 12.0. The Morgan fingerprint density at radius 3 is 2.09 bits per heavy atom. The highest BCUT2D eigenvalue weighted by Crippen LogP contribution is 2.03. The molecule has 1 atom stereocenters. The van der Waals surface area contributed by atoms with Crippen molar-refractivity contribution in [3.8, 4) is 0 Å². The number of ketones is 1. The monoisotopic (exact) mass is 476 g/mol. The van der Waals surface area contributed by atoms with Gasteiger partial charge in [0.15, 0.2) is 0 Å². The minimum atomic E-state index is -0.889. The molecular weight excluding hydrogens is 430 g/mol. The second-order valence-corrected chi connectivity index (χ2v) is 8.81. The Morgan fingerprint density at radius 1 is 0.879 bits per heavy atom. The summed E-state index contributed by atoms with van der Waals surface area (Å²) in [6.07, 6.45) is 4.48. The van der Waals surface area contributed by atoms with Gasteiger partial charge in [-0.1, -0.05) is 13.3 Å². The van der Waals surface area contributed by atoms with Crippen LogP contribution in [0.4, 0.5) is 0 Å². The SMILES string of the molecule is CCCCC[N+](C)(C)CCNC(=O)[C@H](N)CC(=O)CCCOCCOCCOCCC(=O)O. The van der Waals surface area contributed by atoms with E-state index in [1.54, 1.807) is 0 Å². The van der Waals surface area contributed by atoms with Crippen molar-refractivity contribution in [2.75, 3.05) is 73.4 Å². The minimum Gasteiger partial charge on any atom is -0.481 e. The molecule has 0 bridgehead atoms. The Morgan fingerprint density at radius 2 is 1.48 bits per heavy atom. The van der Waals surface area contributed by atoms with Gasteiger partial charge in [-0.3, -0.25) is 14.4 Å². The Balaban J connectivity index is 3.66. The highest BCUT2D eigenvalue weighted by atomic mass is 16.5. The normalized spacial score (nSPS) is 12.5. The van der Waals surface area contributed by atoms with E-state index in [0.717, 1.165) is 17.6 Å². The van der Waals surface area contributed by atoms with Crippen molar-refractivity contribution < 1.29 is 38.2 Å².